The van der Waals surface area contributed by atoms with Crippen LogP contribution < -0.4 is 0 Å². The molecule has 27 heavy (non-hydrogen) atoms. The summed E-state index contributed by atoms with van der Waals surface area (Å²) in [5.74, 6) is 0. The van der Waals surface area contributed by atoms with E-state index < -0.39 is 9.84 Å². The van der Waals surface area contributed by atoms with Gasteiger partial charge >= 0.3 is 0 Å². The van der Waals surface area contributed by atoms with Gasteiger partial charge in [0.25, 0.3) is 0 Å². The highest BCUT2D eigenvalue weighted by Gasteiger charge is 2.43. The van der Waals surface area contributed by atoms with Gasteiger partial charge in [0, 0.05) is 13.4 Å². The molecule has 2 aliphatic rings. The Morgan fingerprint density at radius 1 is 0.889 bits per heavy atom. The normalized spacial score (nSPS) is 18.7. The highest BCUT2D eigenvalue weighted by molar-refractivity contribution is 7.90. The van der Waals surface area contributed by atoms with Crippen molar-refractivity contribution in [3.05, 3.63) is 65.2 Å². The molecule has 2 aromatic carbocycles. The molecule has 3 nitrogen and oxygen atoms in total. The minimum atomic E-state index is -3.16. The van der Waals surface area contributed by atoms with Gasteiger partial charge in [0.15, 0.2) is 9.84 Å². The van der Waals surface area contributed by atoms with Gasteiger partial charge in [-0.1, -0.05) is 42.8 Å². The first-order valence-corrected chi connectivity index (χ1v) is 11.4. The van der Waals surface area contributed by atoms with Crippen LogP contribution in [0.1, 0.15) is 48.8 Å². The molecule has 0 heterocycles. The van der Waals surface area contributed by atoms with Crippen LogP contribution in [0.4, 0.5) is 0 Å². The third-order valence-electron chi connectivity index (χ3n) is 6.13. The van der Waals surface area contributed by atoms with E-state index in [0.29, 0.717) is 16.9 Å². The second-order valence-electron chi connectivity index (χ2n) is 8.09. The van der Waals surface area contributed by atoms with Crippen LogP contribution >= 0.6 is 0 Å². The van der Waals surface area contributed by atoms with Crippen LogP contribution in [-0.2, 0) is 21.2 Å². The average molecular weight is 383 g/mol. The summed E-state index contributed by atoms with van der Waals surface area (Å²) < 4.78 is 28.8. The van der Waals surface area contributed by atoms with Gasteiger partial charge in [0.05, 0.1) is 11.5 Å². The summed E-state index contributed by atoms with van der Waals surface area (Å²) in [6.45, 7) is 0.628. The van der Waals surface area contributed by atoms with Gasteiger partial charge in [-0.25, -0.2) is 8.42 Å². The summed E-state index contributed by atoms with van der Waals surface area (Å²) in [4.78, 5) is 0.383. The van der Waals surface area contributed by atoms with Gasteiger partial charge in [-0.2, -0.15) is 0 Å². The lowest BCUT2D eigenvalue weighted by atomic mass is 9.66. The summed E-state index contributed by atoms with van der Waals surface area (Å²) in [5, 5.41) is 0. The van der Waals surface area contributed by atoms with Crippen molar-refractivity contribution in [2.45, 2.75) is 43.6 Å². The molecule has 0 N–H and O–H groups in total. The molecule has 1 spiro atoms. The van der Waals surface area contributed by atoms with Crippen LogP contribution in [0.5, 0.6) is 0 Å². The Morgan fingerprint density at radius 2 is 1.41 bits per heavy atom. The molecule has 0 amide bonds. The Morgan fingerprint density at radius 3 is 1.81 bits per heavy atom. The molecule has 0 aromatic heterocycles. The highest BCUT2D eigenvalue weighted by Crippen LogP contribution is 2.59. The fourth-order valence-electron chi connectivity index (χ4n) is 4.48. The maximum atomic E-state index is 11.8. The van der Waals surface area contributed by atoms with E-state index in [4.69, 9.17) is 4.74 Å². The van der Waals surface area contributed by atoms with Crippen molar-refractivity contribution in [1.29, 1.82) is 0 Å². The van der Waals surface area contributed by atoms with Crippen LogP contribution in [0, 0.1) is 5.41 Å². The van der Waals surface area contributed by atoms with Crippen LogP contribution in [-0.4, -0.2) is 21.8 Å². The quantitative estimate of drug-likeness (QED) is 0.721. The van der Waals surface area contributed by atoms with Crippen molar-refractivity contribution in [3.63, 3.8) is 0 Å². The molecular weight excluding hydrogens is 356 g/mol. The van der Waals surface area contributed by atoms with Crippen LogP contribution in [0.3, 0.4) is 0 Å². The summed E-state index contributed by atoms with van der Waals surface area (Å²) in [7, 11) is -1.45. The van der Waals surface area contributed by atoms with Crippen LogP contribution in [0.15, 0.2) is 53.4 Å². The summed E-state index contributed by atoms with van der Waals surface area (Å²) in [5.41, 5.74) is 6.84. The van der Waals surface area contributed by atoms with Gasteiger partial charge in [0.2, 0.25) is 0 Å². The predicted molar refractivity (Wildman–Crippen MR) is 109 cm³/mol. The second-order valence-corrected chi connectivity index (χ2v) is 10.1. The number of sulfone groups is 1. The molecule has 0 radical (unpaired) electrons. The number of methoxy groups -OCH3 is 1. The Kier molecular flexibility index (Phi) is 4.73. The molecule has 0 saturated heterocycles. The largest absolute Gasteiger partial charge is 0.380 e. The van der Waals surface area contributed by atoms with Gasteiger partial charge in [-0.05, 0) is 71.1 Å². The van der Waals surface area contributed by atoms with Crippen molar-refractivity contribution < 1.29 is 13.2 Å². The van der Waals surface area contributed by atoms with Gasteiger partial charge in [-0.15, -0.1) is 0 Å². The summed E-state index contributed by atoms with van der Waals surface area (Å²) in [6, 6.07) is 16.1. The molecule has 0 atom stereocenters. The Balaban J connectivity index is 1.72. The molecular formula is C23H26O3S. The zero-order chi connectivity index (χ0) is 19.1. The maximum absolute atomic E-state index is 11.8. The molecule has 0 aliphatic heterocycles. The lowest BCUT2D eigenvalue weighted by Gasteiger charge is -2.39. The lowest BCUT2D eigenvalue weighted by molar-refractivity contribution is 0.157. The van der Waals surface area contributed by atoms with E-state index in [-0.39, 0.29) is 0 Å². The van der Waals surface area contributed by atoms with Gasteiger partial charge in [-0.3, -0.25) is 0 Å². The first kappa shape index (κ1) is 18.5. The molecule has 2 aliphatic carbocycles. The number of hydrogen-bond acceptors (Lipinski definition) is 3. The van der Waals surface area contributed by atoms with E-state index in [2.05, 4.69) is 24.3 Å². The van der Waals surface area contributed by atoms with Crippen molar-refractivity contribution in [1.82, 2.24) is 0 Å². The van der Waals surface area contributed by atoms with Gasteiger partial charge in [0.1, 0.15) is 0 Å². The molecule has 4 heteroatoms. The summed E-state index contributed by atoms with van der Waals surface area (Å²) in [6.07, 6.45) is 7.39. The third kappa shape index (κ3) is 3.61. The third-order valence-corrected chi connectivity index (χ3v) is 7.25. The smallest absolute Gasteiger partial charge is 0.175 e. The van der Waals surface area contributed by atoms with E-state index in [1.165, 1.54) is 47.8 Å². The highest BCUT2D eigenvalue weighted by atomic mass is 32.2. The number of allylic oxidation sites excluding steroid dienone is 2. The average Bonchev–Trinajstić information content (AvgIpc) is 3.04. The standard InChI is InChI=1S/C23H26O3S/c1-26-16-17-4-6-18(7-5-17)21-14-23(12-3-13-23)15-22(21)19-8-10-20(11-9-19)27(2,24)25/h4-11H,3,12-16H2,1-2H3. The van der Waals surface area contributed by atoms with E-state index in [1.54, 1.807) is 19.2 Å². The minimum Gasteiger partial charge on any atom is -0.380 e. The van der Waals surface area contributed by atoms with E-state index in [9.17, 15) is 8.42 Å². The Labute approximate surface area is 162 Å². The molecule has 0 unspecified atom stereocenters. The zero-order valence-electron chi connectivity index (χ0n) is 16.0. The Hall–Kier alpha value is -1.91. The number of rotatable bonds is 5. The first-order valence-electron chi connectivity index (χ1n) is 9.51. The van der Waals surface area contributed by atoms with Crippen LogP contribution in [0.25, 0.3) is 11.1 Å². The van der Waals surface area contributed by atoms with E-state index in [1.807, 2.05) is 12.1 Å². The molecule has 1 fully saturated rings. The van der Waals surface area contributed by atoms with Crippen molar-refractivity contribution in [3.8, 4) is 0 Å². The molecule has 1 saturated carbocycles. The molecule has 2 aromatic rings. The summed E-state index contributed by atoms with van der Waals surface area (Å²) >= 11 is 0. The SMILES string of the molecule is COCc1ccc(C2=C(c3ccc(S(C)(=O)=O)cc3)CC3(CCC3)C2)cc1. The maximum Gasteiger partial charge on any atom is 0.175 e. The molecule has 4 rings (SSSR count). The fraction of sp³-hybridized carbons (Fsp3) is 0.391. The monoisotopic (exact) mass is 382 g/mol. The number of benzene rings is 2. The van der Waals surface area contributed by atoms with Crippen molar-refractivity contribution >= 4 is 21.0 Å². The lowest BCUT2D eigenvalue weighted by Crippen LogP contribution is -2.26. The molecule has 0 bridgehead atoms. The topological polar surface area (TPSA) is 43.4 Å². The zero-order valence-corrected chi connectivity index (χ0v) is 16.8. The number of hydrogen-bond donors (Lipinski definition) is 0. The Bertz CT molecular complexity index is 963. The van der Waals surface area contributed by atoms with Crippen LogP contribution in [0.2, 0.25) is 0 Å². The molecule has 142 valence electrons. The van der Waals surface area contributed by atoms with Gasteiger partial charge < -0.3 is 4.74 Å². The van der Waals surface area contributed by atoms with E-state index >= 15 is 0 Å². The van der Waals surface area contributed by atoms with Crippen molar-refractivity contribution in [2.75, 3.05) is 13.4 Å². The predicted octanol–water partition coefficient (Wildman–Crippen LogP) is 5.11. The second kappa shape index (κ2) is 6.92. The first-order chi connectivity index (χ1) is 12.9. The van der Waals surface area contributed by atoms with E-state index in [0.717, 1.165) is 18.4 Å². The van der Waals surface area contributed by atoms with Crippen molar-refractivity contribution in [2.24, 2.45) is 5.41 Å². The fourth-order valence-corrected chi connectivity index (χ4v) is 5.11. The minimum absolute atomic E-state index is 0.383. The number of ether oxygens (including phenoxy) is 1.